The number of hydrogen-bond donors (Lipinski definition) is 1. The highest BCUT2D eigenvalue weighted by Crippen LogP contribution is 2.25. The van der Waals surface area contributed by atoms with Crippen molar-refractivity contribution in [1.29, 1.82) is 0 Å². The highest BCUT2D eigenvalue weighted by atomic mass is 32.1. The quantitative estimate of drug-likeness (QED) is 0.834. The third-order valence-electron chi connectivity index (χ3n) is 3.69. The molecule has 0 aromatic carbocycles. The zero-order chi connectivity index (χ0) is 12.6. The molecular formula is C13H19N3S. The summed E-state index contributed by atoms with van der Waals surface area (Å²) in [5.41, 5.74) is 3.23. The molecule has 0 saturated carbocycles. The van der Waals surface area contributed by atoms with Gasteiger partial charge >= 0.3 is 0 Å². The SMILES string of the molecule is CCC(C)C(C)n1c(=S)[nH]c2c(C)ccnc21. The lowest BCUT2D eigenvalue weighted by molar-refractivity contribution is 0.373. The van der Waals surface area contributed by atoms with Gasteiger partial charge in [0.15, 0.2) is 10.4 Å². The van der Waals surface area contributed by atoms with Crippen molar-refractivity contribution in [2.45, 2.75) is 40.2 Å². The fourth-order valence-corrected chi connectivity index (χ4v) is 2.47. The largest absolute Gasteiger partial charge is 0.329 e. The lowest BCUT2D eigenvalue weighted by Crippen LogP contribution is -2.14. The van der Waals surface area contributed by atoms with Crippen molar-refractivity contribution in [3.05, 3.63) is 22.6 Å². The average molecular weight is 249 g/mol. The molecule has 17 heavy (non-hydrogen) atoms. The van der Waals surface area contributed by atoms with Gasteiger partial charge in [0, 0.05) is 12.2 Å². The van der Waals surface area contributed by atoms with Crippen LogP contribution in [0.3, 0.4) is 0 Å². The molecule has 2 heterocycles. The van der Waals surface area contributed by atoms with Crippen molar-refractivity contribution in [3.8, 4) is 0 Å². The van der Waals surface area contributed by atoms with Crippen LogP contribution in [0.2, 0.25) is 0 Å². The minimum atomic E-state index is 0.371. The van der Waals surface area contributed by atoms with Crippen molar-refractivity contribution in [1.82, 2.24) is 14.5 Å². The summed E-state index contributed by atoms with van der Waals surface area (Å²) in [6, 6.07) is 2.38. The van der Waals surface area contributed by atoms with Crippen LogP contribution in [0.15, 0.2) is 12.3 Å². The zero-order valence-electron chi connectivity index (χ0n) is 10.8. The Morgan fingerprint density at radius 1 is 1.47 bits per heavy atom. The van der Waals surface area contributed by atoms with Crippen LogP contribution in [0.1, 0.15) is 38.8 Å². The Balaban J connectivity index is 2.65. The normalized spacial score (nSPS) is 15.1. The Bertz CT molecular complexity index is 582. The van der Waals surface area contributed by atoms with E-state index in [2.05, 4.69) is 42.2 Å². The number of aromatic nitrogens is 3. The lowest BCUT2D eigenvalue weighted by atomic mass is 10.0. The van der Waals surface area contributed by atoms with E-state index in [0.717, 1.165) is 22.4 Å². The van der Waals surface area contributed by atoms with Crippen LogP contribution in [0.4, 0.5) is 0 Å². The van der Waals surface area contributed by atoms with Gasteiger partial charge in [-0.15, -0.1) is 0 Å². The molecule has 92 valence electrons. The summed E-state index contributed by atoms with van der Waals surface area (Å²) in [5, 5.41) is 0. The molecule has 0 aliphatic carbocycles. The number of fused-ring (bicyclic) bond motifs is 1. The topological polar surface area (TPSA) is 33.6 Å². The summed E-state index contributed by atoms with van der Waals surface area (Å²) in [5.74, 6) is 0.586. The monoisotopic (exact) mass is 249 g/mol. The first-order valence-corrected chi connectivity index (χ1v) is 6.52. The van der Waals surface area contributed by atoms with E-state index in [9.17, 15) is 0 Å². The molecule has 0 radical (unpaired) electrons. The molecule has 2 aromatic rings. The van der Waals surface area contributed by atoms with E-state index in [1.54, 1.807) is 0 Å². The Kier molecular flexibility index (Phi) is 3.33. The molecule has 2 unspecified atom stereocenters. The fraction of sp³-hybridized carbons (Fsp3) is 0.538. The van der Waals surface area contributed by atoms with E-state index in [1.165, 1.54) is 5.56 Å². The van der Waals surface area contributed by atoms with Gasteiger partial charge < -0.3 is 4.98 Å². The van der Waals surface area contributed by atoms with Gasteiger partial charge in [-0.1, -0.05) is 20.3 Å². The molecule has 0 fully saturated rings. The highest BCUT2D eigenvalue weighted by Gasteiger charge is 2.17. The molecule has 0 aliphatic rings. The molecule has 0 spiro atoms. The van der Waals surface area contributed by atoms with Gasteiger partial charge in [0.25, 0.3) is 0 Å². The van der Waals surface area contributed by atoms with Crippen molar-refractivity contribution in [3.63, 3.8) is 0 Å². The molecule has 0 saturated heterocycles. The van der Waals surface area contributed by atoms with Gasteiger partial charge in [0.1, 0.15) is 0 Å². The van der Waals surface area contributed by atoms with Gasteiger partial charge in [-0.05, 0) is 43.6 Å². The van der Waals surface area contributed by atoms with Crippen LogP contribution in [0.25, 0.3) is 11.2 Å². The number of aromatic amines is 1. The molecule has 4 heteroatoms. The number of rotatable bonds is 3. The second-order valence-electron chi connectivity index (χ2n) is 4.75. The smallest absolute Gasteiger partial charge is 0.179 e. The maximum absolute atomic E-state index is 5.42. The lowest BCUT2D eigenvalue weighted by Gasteiger charge is -2.20. The second kappa shape index (κ2) is 4.61. The first-order valence-electron chi connectivity index (χ1n) is 6.12. The molecular weight excluding hydrogens is 230 g/mol. The molecule has 0 aliphatic heterocycles. The number of H-pyrrole nitrogens is 1. The number of pyridine rings is 1. The minimum absolute atomic E-state index is 0.371. The minimum Gasteiger partial charge on any atom is -0.329 e. The van der Waals surface area contributed by atoms with Gasteiger partial charge in [0.2, 0.25) is 0 Å². The number of aryl methyl sites for hydroxylation is 1. The number of hydrogen-bond acceptors (Lipinski definition) is 2. The van der Waals surface area contributed by atoms with Gasteiger partial charge in [-0.2, -0.15) is 0 Å². The summed E-state index contributed by atoms with van der Waals surface area (Å²) < 4.78 is 2.92. The van der Waals surface area contributed by atoms with Crippen LogP contribution in [-0.2, 0) is 0 Å². The van der Waals surface area contributed by atoms with E-state index >= 15 is 0 Å². The summed E-state index contributed by atoms with van der Waals surface area (Å²) in [6.07, 6.45) is 2.99. The number of imidazole rings is 1. The first-order chi connectivity index (χ1) is 8.06. The second-order valence-corrected chi connectivity index (χ2v) is 5.14. The summed E-state index contributed by atoms with van der Waals surface area (Å²) in [7, 11) is 0. The van der Waals surface area contributed by atoms with E-state index < -0.39 is 0 Å². The molecule has 2 aromatic heterocycles. The van der Waals surface area contributed by atoms with Gasteiger partial charge in [-0.25, -0.2) is 4.98 Å². The summed E-state index contributed by atoms with van der Waals surface area (Å²) in [6.45, 7) is 8.74. The number of nitrogens with zero attached hydrogens (tertiary/aromatic N) is 2. The molecule has 3 nitrogen and oxygen atoms in total. The van der Waals surface area contributed by atoms with Gasteiger partial charge in [-0.3, -0.25) is 4.57 Å². The maximum Gasteiger partial charge on any atom is 0.179 e. The molecule has 2 rings (SSSR count). The van der Waals surface area contributed by atoms with Crippen molar-refractivity contribution in [2.24, 2.45) is 5.92 Å². The van der Waals surface area contributed by atoms with E-state index in [0.29, 0.717) is 12.0 Å². The third-order valence-corrected chi connectivity index (χ3v) is 3.99. The van der Waals surface area contributed by atoms with Crippen molar-refractivity contribution in [2.75, 3.05) is 0 Å². The zero-order valence-corrected chi connectivity index (χ0v) is 11.6. The van der Waals surface area contributed by atoms with Crippen LogP contribution >= 0.6 is 12.2 Å². The first kappa shape index (κ1) is 12.3. The van der Waals surface area contributed by atoms with Crippen LogP contribution in [0, 0.1) is 17.6 Å². The number of nitrogens with one attached hydrogen (secondary N) is 1. The molecule has 0 amide bonds. The van der Waals surface area contributed by atoms with Crippen molar-refractivity contribution < 1.29 is 0 Å². The Morgan fingerprint density at radius 3 is 2.82 bits per heavy atom. The Labute approximate surface area is 107 Å². The van der Waals surface area contributed by atoms with Crippen LogP contribution < -0.4 is 0 Å². The van der Waals surface area contributed by atoms with Crippen LogP contribution in [0.5, 0.6) is 0 Å². The average Bonchev–Trinajstić information content (AvgIpc) is 2.65. The van der Waals surface area contributed by atoms with Gasteiger partial charge in [0.05, 0.1) is 5.52 Å². The third kappa shape index (κ3) is 2.02. The van der Waals surface area contributed by atoms with Crippen LogP contribution in [-0.4, -0.2) is 14.5 Å². The van der Waals surface area contributed by atoms with E-state index in [1.807, 2.05) is 12.3 Å². The van der Waals surface area contributed by atoms with Crippen molar-refractivity contribution >= 4 is 23.4 Å². The Morgan fingerprint density at radius 2 is 2.18 bits per heavy atom. The predicted octanol–water partition coefficient (Wildman–Crippen LogP) is 4.01. The summed E-state index contributed by atoms with van der Waals surface area (Å²) in [4.78, 5) is 7.74. The van der Waals surface area contributed by atoms with E-state index in [4.69, 9.17) is 12.2 Å². The highest BCUT2D eigenvalue weighted by molar-refractivity contribution is 7.71. The Hall–Kier alpha value is -1.16. The van der Waals surface area contributed by atoms with E-state index in [-0.39, 0.29) is 0 Å². The maximum atomic E-state index is 5.42. The summed E-state index contributed by atoms with van der Waals surface area (Å²) >= 11 is 5.42. The fourth-order valence-electron chi connectivity index (χ4n) is 2.12. The molecule has 2 atom stereocenters. The molecule has 0 bridgehead atoms. The molecule has 1 N–H and O–H groups in total. The standard InChI is InChI=1S/C13H19N3S/c1-5-8(2)10(4)16-12-11(15-13(16)17)9(3)6-7-14-12/h6-8,10H,5H2,1-4H3,(H,15,17). The predicted molar refractivity (Wildman–Crippen MR) is 73.8 cm³/mol.